The number of hydrogen-bond donors (Lipinski definition) is 1. The van der Waals surface area contributed by atoms with Crippen LogP contribution < -0.4 is 5.73 Å². The molecule has 1 aromatic carbocycles. The molecule has 0 radical (unpaired) electrons. The van der Waals surface area contributed by atoms with Crippen LogP contribution in [0.1, 0.15) is 31.7 Å². The number of fused-ring (bicyclic) bond motifs is 2. The molecule has 106 valence electrons. The van der Waals surface area contributed by atoms with E-state index < -0.39 is 11.6 Å². The second-order valence-electron chi connectivity index (χ2n) is 5.44. The topological polar surface area (TPSA) is 64.7 Å². The lowest BCUT2D eigenvalue weighted by Crippen LogP contribution is -2.53. The maximum atomic E-state index is 12.7. The number of aliphatic imine (C=N–C) groups is 1. The first kappa shape index (κ1) is 13.6. The van der Waals surface area contributed by atoms with Crippen molar-refractivity contribution in [1.29, 1.82) is 0 Å². The summed E-state index contributed by atoms with van der Waals surface area (Å²) in [6.07, 6.45) is 1.82. The number of benzene rings is 1. The summed E-state index contributed by atoms with van der Waals surface area (Å²) in [5.74, 6) is 0.454. The fourth-order valence-corrected chi connectivity index (χ4v) is 3.27. The van der Waals surface area contributed by atoms with Crippen LogP contribution >= 0.6 is 11.6 Å². The normalized spacial score (nSPS) is 30.4. The van der Waals surface area contributed by atoms with Crippen molar-refractivity contribution in [2.45, 2.75) is 43.9 Å². The van der Waals surface area contributed by atoms with Gasteiger partial charge in [0.05, 0.1) is 6.04 Å². The number of carbonyl (C=O) groups is 1. The van der Waals surface area contributed by atoms with Crippen molar-refractivity contribution >= 4 is 23.3 Å². The number of carbonyl (C=O) groups excluding carboxylic acids is 1. The summed E-state index contributed by atoms with van der Waals surface area (Å²) in [4.78, 5) is 17.3. The van der Waals surface area contributed by atoms with Crippen LogP contribution in [-0.4, -0.2) is 23.8 Å². The van der Waals surface area contributed by atoms with Crippen LogP contribution in [0.25, 0.3) is 0 Å². The predicted molar refractivity (Wildman–Crippen MR) is 77.9 cm³/mol. The molecule has 0 amide bonds. The molecule has 1 aliphatic heterocycles. The van der Waals surface area contributed by atoms with Gasteiger partial charge in [0.2, 0.25) is 11.7 Å². The third-order valence-corrected chi connectivity index (χ3v) is 4.31. The Kier molecular flexibility index (Phi) is 3.30. The van der Waals surface area contributed by atoms with Gasteiger partial charge in [-0.05, 0) is 32.3 Å². The van der Waals surface area contributed by atoms with Crippen LogP contribution in [0.15, 0.2) is 29.3 Å². The summed E-state index contributed by atoms with van der Waals surface area (Å²) in [7, 11) is 0. The van der Waals surface area contributed by atoms with E-state index in [0.29, 0.717) is 17.3 Å². The molecule has 1 unspecified atom stereocenters. The van der Waals surface area contributed by atoms with Gasteiger partial charge >= 0.3 is 0 Å². The molecule has 5 heteroatoms. The molecule has 1 aliphatic carbocycles. The highest BCUT2D eigenvalue weighted by Crippen LogP contribution is 2.44. The Balaban J connectivity index is 2.19. The summed E-state index contributed by atoms with van der Waals surface area (Å²) in [5.41, 5.74) is 5.74. The highest BCUT2D eigenvalue weighted by Gasteiger charge is 2.51. The van der Waals surface area contributed by atoms with Gasteiger partial charge in [0, 0.05) is 10.6 Å². The number of hydrogen-bond acceptors (Lipinski definition) is 4. The van der Waals surface area contributed by atoms with Gasteiger partial charge in [-0.2, -0.15) is 0 Å². The maximum Gasteiger partial charge on any atom is 0.205 e. The molecule has 0 spiro atoms. The molecular formula is C15H17ClN2O2. The Bertz CT molecular complexity index is 585. The van der Waals surface area contributed by atoms with Crippen LogP contribution in [0.5, 0.6) is 0 Å². The second-order valence-corrected chi connectivity index (χ2v) is 5.85. The Morgan fingerprint density at radius 2 is 2.25 bits per heavy atom. The van der Waals surface area contributed by atoms with Gasteiger partial charge in [-0.1, -0.05) is 29.8 Å². The molecule has 4 nitrogen and oxygen atoms in total. The lowest BCUT2D eigenvalue weighted by molar-refractivity contribution is -0.137. The van der Waals surface area contributed by atoms with Crippen LogP contribution in [0.4, 0.5) is 0 Å². The number of ketones is 1. The second kappa shape index (κ2) is 4.86. The first-order valence-electron chi connectivity index (χ1n) is 6.86. The molecule has 3 rings (SSSR count). The number of nitrogens with two attached hydrogens (primary N) is 1. The van der Waals surface area contributed by atoms with Crippen LogP contribution in [0, 0.1) is 0 Å². The van der Waals surface area contributed by atoms with E-state index in [1.54, 1.807) is 6.07 Å². The molecule has 1 fully saturated rings. The molecule has 1 saturated carbocycles. The van der Waals surface area contributed by atoms with Gasteiger partial charge < -0.3 is 10.5 Å². The smallest absolute Gasteiger partial charge is 0.205 e. The Morgan fingerprint density at radius 3 is 2.95 bits per heavy atom. The van der Waals surface area contributed by atoms with E-state index in [1.165, 1.54) is 0 Å². The van der Waals surface area contributed by atoms with Crippen LogP contribution in [-0.2, 0) is 15.1 Å². The molecule has 1 aromatic rings. The summed E-state index contributed by atoms with van der Waals surface area (Å²) in [6.45, 7) is 1.81. The SMILES string of the molecule is CC(N)C1=N[C@]2(c3ccccc3Cl)CCC[C@H](O1)C2=O. The lowest BCUT2D eigenvalue weighted by Gasteiger charge is -2.42. The fraction of sp³-hybridized carbons (Fsp3) is 0.467. The summed E-state index contributed by atoms with van der Waals surface area (Å²) >= 11 is 6.30. The third-order valence-electron chi connectivity index (χ3n) is 3.98. The zero-order valence-electron chi connectivity index (χ0n) is 11.3. The fourth-order valence-electron chi connectivity index (χ4n) is 2.98. The number of halogens is 1. The van der Waals surface area contributed by atoms with Crippen LogP contribution in [0.2, 0.25) is 5.02 Å². The van der Waals surface area contributed by atoms with E-state index in [2.05, 4.69) is 4.99 Å². The molecule has 20 heavy (non-hydrogen) atoms. The zero-order valence-corrected chi connectivity index (χ0v) is 12.1. The van der Waals surface area contributed by atoms with Gasteiger partial charge in [0.15, 0.2) is 11.6 Å². The van der Waals surface area contributed by atoms with Crippen molar-refractivity contribution in [2.24, 2.45) is 10.7 Å². The largest absolute Gasteiger partial charge is 0.468 e. The minimum Gasteiger partial charge on any atom is -0.468 e. The average molecular weight is 293 g/mol. The van der Waals surface area contributed by atoms with E-state index in [-0.39, 0.29) is 11.8 Å². The van der Waals surface area contributed by atoms with E-state index in [4.69, 9.17) is 22.1 Å². The van der Waals surface area contributed by atoms with Crippen LogP contribution in [0.3, 0.4) is 0 Å². The minimum atomic E-state index is -0.914. The standard InChI is InChI=1S/C15H17ClN2O2/c1-9(17)14-18-15(10-5-2-3-6-11(10)16)8-4-7-12(20-14)13(15)19/h2-3,5-6,9,12H,4,7-8,17H2,1H3/t9?,12-,15-/m0/s1. The van der Waals surface area contributed by atoms with E-state index in [1.807, 2.05) is 25.1 Å². The first-order chi connectivity index (χ1) is 9.54. The van der Waals surface area contributed by atoms with Gasteiger partial charge in [-0.25, -0.2) is 4.99 Å². The molecule has 2 N–H and O–H groups in total. The Labute approximate surface area is 123 Å². The van der Waals surface area contributed by atoms with Gasteiger partial charge in [0.1, 0.15) is 0 Å². The third kappa shape index (κ3) is 1.95. The minimum absolute atomic E-state index is 0.00116. The monoisotopic (exact) mass is 292 g/mol. The zero-order chi connectivity index (χ0) is 14.3. The molecular weight excluding hydrogens is 276 g/mol. The average Bonchev–Trinajstić information content (AvgIpc) is 2.39. The Hall–Kier alpha value is -1.39. The quantitative estimate of drug-likeness (QED) is 0.910. The summed E-state index contributed by atoms with van der Waals surface area (Å²) in [6, 6.07) is 7.06. The Morgan fingerprint density at radius 1 is 1.50 bits per heavy atom. The molecule has 0 saturated heterocycles. The van der Waals surface area contributed by atoms with Crippen molar-refractivity contribution in [3.63, 3.8) is 0 Å². The van der Waals surface area contributed by atoms with Crippen molar-refractivity contribution in [1.82, 2.24) is 0 Å². The number of ether oxygens (including phenoxy) is 1. The molecule has 2 bridgehead atoms. The summed E-state index contributed by atoms with van der Waals surface area (Å²) in [5, 5.41) is 0.566. The highest BCUT2D eigenvalue weighted by molar-refractivity contribution is 6.32. The van der Waals surface area contributed by atoms with Gasteiger partial charge in [-0.3, -0.25) is 4.79 Å². The van der Waals surface area contributed by atoms with E-state index in [0.717, 1.165) is 18.4 Å². The number of Topliss-reactive ketones (excluding diaryl/α,β-unsaturated/α-hetero) is 1. The van der Waals surface area contributed by atoms with Crippen molar-refractivity contribution in [2.75, 3.05) is 0 Å². The molecule has 3 atom stereocenters. The van der Waals surface area contributed by atoms with Gasteiger partial charge in [0.25, 0.3) is 0 Å². The maximum absolute atomic E-state index is 12.7. The molecule has 1 heterocycles. The number of rotatable bonds is 2. The van der Waals surface area contributed by atoms with E-state index >= 15 is 0 Å². The van der Waals surface area contributed by atoms with Crippen molar-refractivity contribution < 1.29 is 9.53 Å². The van der Waals surface area contributed by atoms with Gasteiger partial charge in [-0.15, -0.1) is 0 Å². The van der Waals surface area contributed by atoms with Crippen molar-refractivity contribution in [3.8, 4) is 0 Å². The molecule has 2 aliphatic rings. The first-order valence-corrected chi connectivity index (χ1v) is 7.24. The lowest BCUT2D eigenvalue weighted by atomic mass is 9.74. The summed E-state index contributed by atoms with van der Waals surface area (Å²) < 4.78 is 5.65. The van der Waals surface area contributed by atoms with Crippen molar-refractivity contribution in [3.05, 3.63) is 34.9 Å². The molecule has 0 aromatic heterocycles. The predicted octanol–water partition coefficient (Wildman–Crippen LogP) is 2.43. The number of nitrogens with zero attached hydrogens (tertiary/aromatic N) is 1. The van der Waals surface area contributed by atoms with E-state index in [9.17, 15) is 4.79 Å². The highest BCUT2D eigenvalue weighted by atomic mass is 35.5.